The van der Waals surface area contributed by atoms with E-state index in [4.69, 9.17) is 17.3 Å². The Balaban J connectivity index is 1.94. The van der Waals surface area contributed by atoms with Gasteiger partial charge < -0.3 is 11.1 Å². The second-order valence-electron chi connectivity index (χ2n) is 6.15. The molecule has 1 aliphatic heterocycles. The summed E-state index contributed by atoms with van der Waals surface area (Å²) >= 11 is 6.48. The van der Waals surface area contributed by atoms with Crippen molar-refractivity contribution in [3.63, 3.8) is 0 Å². The van der Waals surface area contributed by atoms with Gasteiger partial charge in [0.25, 0.3) is 5.91 Å². The second kappa shape index (κ2) is 7.96. The molecular weight excluding hydrogens is 415 g/mol. The molecule has 11 heteroatoms. The lowest BCUT2D eigenvalue weighted by Crippen LogP contribution is -2.46. The van der Waals surface area contributed by atoms with E-state index in [9.17, 15) is 18.0 Å². The molecule has 28 heavy (non-hydrogen) atoms. The van der Waals surface area contributed by atoms with E-state index in [2.05, 4.69) is 20.3 Å². The van der Waals surface area contributed by atoms with Crippen LogP contribution in [0.5, 0.6) is 0 Å². The number of nitrogens with zero attached hydrogens (tertiary/aromatic N) is 3. The summed E-state index contributed by atoms with van der Waals surface area (Å²) in [5.41, 5.74) is 3.51. The summed E-state index contributed by atoms with van der Waals surface area (Å²) in [4.78, 5) is 24.1. The van der Waals surface area contributed by atoms with Crippen molar-refractivity contribution in [1.29, 1.82) is 0 Å². The minimum Gasteiger partial charge on any atom is -0.378 e. The number of aromatic nitrogens is 2. The van der Waals surface area contributed by atoms with Crippen molar-refractivity contribution in [2.75, 3.05) is 12.0 Å². The van der Waals surface area contributed by atoms with Crippen LogP contribution in [0.15, 0.2) is 35.5 Å². The van der Waals surface area contributed by atoms with E-state index in [1.54, 1.807) is 0 Å². The standard InChI is InChI=1S/C17H15ClF3N5OS/c1-17(13(21)11(6-19)28-16(22)26-17)14-9(20)3-5-12(24-14)25-15(27)10-4-2-8(18)7-23-10/h2-5,7,11,13H,6H2,1H3,(H2,22,26)(H,24,25,27)/t11-,13+,17+/m1/s1. The van der Waals surface area contributed by atoms with Gasteiger partial charge in [-0.2, -0.15) is 0 Å². The number of nitrogens with two attached hydrogens (primary N) is 1. The molecule has 0 radical (unpaired) electrons. The number of aliphatic imine (C=N–C) groups is 1. The van der Waals surface area contributed by atoms with Crippen LogP contribution in [0, 0.1) is 5.82 Å². The first kappa shape index (κ1) is 20.4. The number of carbonyl (C=O) groups is 1. The number of anilines is 1. The van der Waals surface area contributed by atoms with Crippen molar-refractivity contribution < 1.29 is 18.0 Å². The molecule has 3 heterocycles. The number of halogens is 4. The summed E-state index contributed by atoms with van der Waals surface area (Å²) < 4.78 is 42.5. The summed E-state index contributed by atoms with van der Waals surface area (Å²) in [5.74, 6) is -1.52. The highest BCUT2D eigenvalue weighted by atomic mass is 35.5. The number of thioether (sulfide) groups is 1. The van der Waals surface area contributed by atoms with Crippen LogP contribution in [-0.4, -0.2) is 39.1 Å². The minimum atomic E-state index is -1.87. The Morgan fingerprint density at radius 1 is 1.39 bits per heavy atom. The predicted octanol–water partition coefficient (Wildman–Crippen LogP) is 3.47. The van der Waals surface area contributed by atoms with Crippen molar-refractivity contribution >= 4 is 40.3 Å². The van der Waals surface area contributed by atoms with Crippen molar-refractivity contribution in [2.24, 2.45) is 10.7 Å². The molecule has 0 aliphatic carbocycles. The molecule has 0 saturated carbocycles. The van der Waals surface area contributed by atoms with Crippen LogP contribution < -0.4 is 11.1 Å². The first-order valence-corrected chi connectivity index (χ1v) is 9.32. The number of amides is 1. The zero-order valence-electron chi connectivity index (χ0n) is 14.5. The van der Waals surface area contributed by atoms with Gasteiger partial charge in [-0.1, -0.05) is 23.4 Å². The van der Waals surface area contributed by atoms with E-state index in [1.165, 1.54) is 31.3 Å². The van der Waals surface area contributed by atoms with E-state index in [0.29, 0.717) is 5.02 Å². The van der Waals surface area contributed by atoms with Crippen LogP contribution in [0.4, 0.5) is 19.0 Å². The first-order chi connectivity index (χ1) is 13.2. The van der Waals surface area contributed by atoms with Crippen molar-refractivity contribution in [3.05, 3.63) is 52.7 Å². The normalized spacial score (nSPS) is 24.5. The Bertz CT molecular complexity index is 930. The van der Waals surface area contributed by atoms with Gasteiger partial charge in [-0.25, -0.2) is 28.1 Å². The van der Waals surface area contributed by atoms with Gasteiger partial charge in [-0.3, -0.25) is 4.79 Å². The van der Waals surface area contributed by atoms with E-state index in [0.717, 1.165) is 17.8 Å². The first-order valence-electron chi connectivity index (χ1n) is 8.06. The van der Waals surface area contributed by atoms with E-state index < -0.39 is 35.4 Å². The lowest BCUT2D eigenvalue weighted by molar-refractivity contribution is 0.102. The maximum absolute atomic E-state index is 14.9. The number of pyridine rings is 2. The van der Waals surface area contributed by atoms with Crippen LogP contribution >= 0.6 is 23.4 Å². The minimum absolute atomic E-state index is 0.0460. The molecular formula is C17H15ClF3N5OS. The topological polar surface area (TPSA) is 93.3 Å². The number of rotatable bonds is 4. The molecule has 3 N–H and O–H groups in total. The van der Waals surface area contributed by atoms with Gasteiger partial charge in [0.05, 0.1) is 10.3 Å². The fourth-order valence-corrected chi connectivity index (χ4v) is 3.86. The van der Waals surface area contributed by atoms with Crippen LogP contribution in [0.3, 0.4) is 0 Å². The van der Waals surface area contributed by atoms with Crippen LogP contribution in [-0.2, 0) is 5.54 Å². The SMILES string of the molecule is C[C@]1(c2nc(NC(=O)c3ccc(Cl)cn3)ccc2F)N=C(N)S[C@H](CF)[C@@H]1F. The van der Waals surface area contributed by atoms with Crippen LogP contribution in [0.1, 0.15) is 23.1 Å². The molecule has 0 aromatic carbocycles. The van der Waals surface area contributed by atoms with Crippen LogP contribution in [0.25, 0.3) is 0 Å². The summed E-state index contributed by atoms with van der Waals surface area (Å²) in [6.45, 7) is 0.280. The molecule has 2 aromatic rings. The lowest BCUT2D eigenvalue weighted by atomic mass is 9.89. The molecule has 0 saturated heterocycles. The number of carbonyl (C=O) groups excluding carboxylic acids is 1. The molecule has 3 atom stereocenters. The molecule has 6 nitrogen and oxygen atoms in total. The highest BCUT2D eigenvalue weighted by molar-refractivity contribution is 8.14. The number of hydrogen-bond donors (Lipinski definition) is 2. The predicted molar refractivity (Wildman–Crippen MR) is 103 cm³/mol. The second-order valence-corrected chi connectivity index (χ2v) is 7.85. The Morgan fingerprint density at radius 2 is 2.14 bits per heavy atom. The fraction of sp³-hybridized carbons (Fsp3) is 0.294. The highest BCUT2D eigenvalue weighted by Gasteiger charge is 2.48. The van der Waals surface area contributed by atoms with Gasteiger partial charge in [0, 0.05) is 6.20 Å². The number of alkyl halides is 2. The van der Waals surface area contributed by atoms with Gasteiger partial charge >= 0.3 is 0 Å². The maximum atomic E-state index is 14.9. The number of amidine groups is 1. The monoisotopic (exact) mass is 429 g/mol. The quantitative estimate of drug-likeness (QED) is 0.776. The van der Waals surface area contributed by atoms with Crippen molar-refractivity contribution in [1.82, 2.24) is 9.97 Å². The maximum Gasteiger partial charge on any atom is 0.275 e. The molecule has 3 rings (SSSR count). The third-order valence-electron chi connectivity index (χ3n) is 4.16. The molecule has 0 unspecified atom stereocenters. The fourth-order valence-electron chi connectivity index (χ4n) is 2.74. The average molecular weight is 430 g/mol. The molecule has 0 spiro atoms. The Kier molecular flexibility index (Phi) is 5.80. The third-order valence-corrected chi connectivity index (χ3v) is 5.38. The molecule has 0 bridgehead atoms. The van der Waals surface area contributed by atoms with Gasteiger partial charge in [0.15, 0.2) is 5.17 Å². The largest absolute Gasteiger partial charge is 0.378 e. The average Bonchev–Trinajstić information content (AvgIpc) is 2.66. The van der Waals surface area contributed by atoms with Crippen molar-refractivity contribution in [2.45, 2.75) is 23.9 Å². The van der Waals surface area contributed by atoms with E-state index in [-0.39, 0.29) is 22.4 Å². The van der Waals surface area contributed by atoms with Gasteiger partial charge in [-0.15, -0.1) is 0 Å². The molecule has 2 aromatic heterocycles. The highest BCUT2D eigenvalue weighted by Crippen LogP contribution is 2.41. The molecule has 0 fully saturated rings. The summed E-state index contributed by atoms with van der Waals surface area (Å²) in [7, 11) is 0. The van der Waals surface area contributed by atoms with Gasteiger partial charge in [0.1, 0.15) is 41.4 Å². The van der Waals surface area contributed by atoms with E-state index >= 15 is 0 Å². The third kappa shape index (κ3) is 3.93. The molecule has 1 amide bonds. The summed E-state index contributed by atoms with van der Waals surface area (Å²) in [6, 6.07) is 5.11. The van der Waals surface area contributed by atoms with E-state index in [1.807, 2.05) is 0 Å². The Labute approximate surface area is 167 Å². The smallest absolute Gasteiger partial charge is 0.275 e. The van der Waals surface area contributed by atoms with Crippen LogP contribution in [0.2, 0.25) is 5.02 Å². The molecule has 1 aliphatic rings. The number of nitrogens with one attached hydrogen (secondary N) is 1. The zero-order valence-corrected chi connectivity index (χ0v) is 16.1. The zero-order chi connectivity index (χ0) is 20.5. The van der Waals surface area contributed by atoms with Gasteiger partial charge in [-0.05, 0) is 31.2 Å². The molecule has 148 valence electrons. The van der Waals surface area contributed by atoms with Crippen molar-refractivity contribution in [3.8, 4) is 0 Å². The summed E-state index contributed by atoms with van der Waals surface area (Å²) in [5, 5.41) is 1.60. The lowest BCUT2D eigenvalue weighted by Gasteiger charge is -2.36. The summed E-state index contributed by atoms with van der Waals surface area (Å²) in [6.07, 6.45) is -0.580. The Hall–Kier alpha value is -2.33. The Morgan fingerprint density at radius 3 is 2.79 bits per heavy atom. The number of hydrogen-bond acceptors (Lipinski definition) is 6. The van der Waals surface area contributed by atoms with Gasteiger partial charge in [0.2, 0.25) is 0 Å².